The lowest BCUT2D eigenvalue weighted by Gasteiger charge is -2.18. The van der Waals surface area contributed by atoms with Crippen molar-refractivity contribution >= 4 is 17.5 Å². The number of nitrogens with one attached hydrogen (secondary N) is 1. The second-order valence-electron chi connectivity index (χ2n) is 5.22. The quantitative estimate of drug-likeness (QED) is 0.807. The van der Waals surface area contributed by atoms with Crippen LogP contribution in [0.5, 0.6) is 0 Å². The van der Waals surface area contributed by atoms with Crippen LogP contribution in [0.1, 0.15) is 24.2 Å². The third-order valence-corrected chi connectivity index (χ3v) is 2.73. The number of nitrogen functional groups attached to an aromatic ring is 1. The van der Waals surface area contributed by atoms with E-state index in [9.17, 15) is 18.4 Å². The number of nitrogens with two attached hydrogens (primary N) is 1. The maximum Gasteiger partial charge on any atom is 0.257 e. The molecule has 1 rings (SSSR count). The van der Waals surface area contributed by atoms with Gasteiger partial charge in [0.15, 0.2) is 5.82 Å². The monoisotopic (exact) mass is 299 g/mol. The van der Waals surface area contributed by atoms with Gasteiger partial charge in [-0.3, -0.25) is 9.59 Å². The van der Waals surface area contributed by atoms with E-state index in [1.807, 2.05) is 13.8 Å². The minimum atomic E-state index is -0.990. The maximum atomic E-state index is 13.7. The molecule has 0 aliphatic heterocycles. The molecule has 0 aliphatic rings. The molecule has 21 heavy (non-hydrogen) atoms. The molecule has 0 fully saturated rings. The number of rotatable bonds is 5. The van der Waals surface area contributed by atoms with Crippen LogP contribution in [-0.4, -0.2) is 36.9 Å². The van der Waals surface area contributed by atoms with Gasteiger partial charge in [-0.1, -0.05) is 13.8 Å². The molecule has 1 aromatic carbocycles. The molecule has 0 saturated heterocycles. The molecule has 2 amide bonds. The largest absolute Gasteiger partial charge is 0.396 e. The number of carbonyl (C=O) groups excluding carboxylic acids is 2. The molecule has 0 atom stereocenters. The second-order valence-corrected chi connectivity index (χ2v) is 5.22. The van der Waals surface area contributed by atoms with Gasteiger partial charge < -0.3 is 16.0 Å². The zero-order chi connectivity index (χ0) is 16.2. The summed E-state index contributed by atoms with van der Waals surface area (Å²) in [6.45, 7) is 4.09. The maximum absolute atomic E-state index is 13.7. The van der Waals surface area contributed by atoms with Crippen LogP contribution in [0.3, 0.4) is 0 Å². The van der Waals surface area contributed by atoms with E-state index in [4.69, 9.17) is 5.73 Å². The van der Waals surface area contributed by atoms with E-state index in [0.717, 1.165) is 17.0 Å². The van der Waals surface area contributed by atoms with E-state index >= 15 is 0 Å². The summed E-state index contributed by atoms with van der Waals surface area (Å²) in [4.78, 5) is 24.6. The summed E-state index contributed by atoms with van der Waals surface area (Å²) in [7, 11) is 1.33. The third kappa shape index (κ3) is 4.70. The van der Waals surface area contributed by atoms with Crippen molar-refractivity contribution in [1.29, 1.82) is 0 Å². The molecule has 0 radical (unpaired) electrons. The van der Waals surface area contributed by atoms with E-state index in [0.29, 0.717) is 6.54 Å². The van der Waals surface area contributed by atoms with Gasteiger partial charge in [-0.05, 0) is 18.1 Å². The van der Waals surface area contributed by atoms with Crippen LogP contribution in [0.2, 0.25) is 0 Å². The zero-order valence-electron chi connectivity index (χ0n) is 12.2. The Hall–Kier alpha value is -2.18. The molecule has 0 spiro atoms. The Balaban J connectivity index is 2.77. The summed E-state index contributed by atoms with van der Waals surface area (Å²) in [6, 6.07) is 1.55. The van der Waals surface area contributed by atoms with E-state index < -0.39 is 28.8 Å². The van der Waals surface area contributed by atoms with Gasteiger partial charge in [0.05, 0.1) is 17.8 Å². The fraction of sp³-hybridized carbons (Fsp3) is 0.429. The van der Waals surface area contributed by atoms with E-state index in [2.05, 4.69) is 5.32 Å². The smallest absolute Gasteiger partial charge is 0.257 e. The van der Waals surface area contributed by atoms with Crippen LogP contribution in [0, 0.1) is 17.6 Å². The Bertz CT molecular complexity index is 547. The first-order valence-corrected chi connectivity index (χ1v) is 6.49. The minimum Gasteiger partial charge on any atom is -0.396 e. The predicted molar refractivity (Wildman–Crippen MR) is 75.6 cm³/mol. The lowest BCUT2D eigenvalue weighted by molar-refractivity contribution is -0.121. The van der Waals surface area contributed by atoms with Crippen molar-refractivity contribution in [3.8, 4) is 0 Å². The molecule has 7 heteroatoms. The first-order chi connectivity index (χ1) is 9.72. The Morgan fingerprint density at radius 3 is 2.52 bits per heavy atom. The van der Waals surface area contributed by atoms with Crippen LogP contribution in [0.15, 0.2) is 12.1 Å². The zero-order valence-corrected chi connectivity index (χ0v) is 12.2. The first-order valence-electron chi connectivity index (χ1n) is 6.49. The number of likely N-dealkylation sites (N-methyl/N-ethyl adjacent to an activating group) is 1. The lowest BCUT2D eigenvalue weighted by Crippen LogP contribution is -2.39. The summed E-state index contributed by atoms with van der Waals surface area (Å²) in [6.07, 6.45) is 0. The molecule has 0 unspecified atom stereocenters. The Morgan fingerprint density at radius 2 is 1.95 bits per heavy atom. The van der Waals surface area contributed by atoms with Gasteiger partial charge in [-0.25, -0.2) is 8.78 Å². The molecule has 116 valence electrons. The highest BCUT2D eigenvalue weighted by molar-refractivity contribution is 5.97. The average Bonchev–Trinajstić information content (AvgIpc) is 2.39. The molecule has 3 N–H and O–H groups in total. The van der Waals surface area contributed by atoms with Crippen molar-refractivity contribution in [2.75, 3.05) is 25.9 Å². The third-order valence-electron chi connectivity index (χ3n) is 2.73. The topological polar surface area (TPSA) is 75.4 Å². The summed E-state index contributed by atoms with van der Waals surface area (Å²) in [5.41, 5.74) is 4.33. The number of carbonyl (C=O) groups is 2. The summed E-state index contributed by atoms with van der Waals surface area (Å²) in [5.74, 6) is -2.70. The highest BCUT2D eigenvalue weighted by Crippen LogP contribution is 2.18. The van der Waals surface area contributed by atoms with Crippen molar-refractivity contribution in [1.82, 2.24) is 10.2 Å². The van der Waals surface area contributed by atoms with E-state index in [1.165, 1.54) is 7.05 Å². The van der Waals surface area contributed by atoms with Crippen LogP contribution in [0.25, 0.3) is 0 Å². The van der Waals surface area contributed by atoms with Crippen molar-refractivity contribution < 1.29 is 18.4 Å². The van der Waals surface area contributed by atoms with Crippen molar-refractivity contribution in [3.63, 3.8) is 0 Å². The molecule has 1 aromatic rings. The molecular formula is C14H19F2N3O2. The number of hydrogen-bond donors (Lipinski definition) is 2. The van der Waals surface area contributed by atoms with E-state index in [1.54, 1.807) is 0 Å². The second kappa shape index (κ2) is 7.01. The van der Waals surface area contributed by atoms with Gasteiger partial charge in [-0.15, -0.1) is 0 Å². The highest BCUT2D eigenvalue weighted by Gasteiger charge is 2.21. The molecule has 0 aromatic heterocycles. The number of benzene rings is 1. The van der Waals surface area contributed by atoms with Crippen molar-refractivity contribution in [2.45, 2.75) is 13.8 Å². The van der Waals surface area contributed by atoms with Crippen LogP contribution in [-0.2, 0) is 4.79 Å². The minimum absolute atomic E-state index is 0.249. The summed E-state index contributed by atoms with van der Waals surface area (Å²) in [5, 5.41) is 2.63. The number of halogens is 2. The molecule has 5 nitrogen and oxygen atoms in total. The Labute approximate surface area is 122 Å². The van der Waals surface area contributed by atoms with Crippen LogP contribution in [0.4, 0.5) is 14.5 Å². The van der Waals surface area contributed by atoms with Gasteiger partial charge in [0.25, 0.3) is 5.91 Å². The standard InChI is InChI=1S/C14H19F2N3O2/c1-8(2)6-18-12(20)7-19(3)14(21)10-4-9(15)5-11(17)13(10)16/h4-5,8H,6-7,17H2,1-3H3,(H,18,20). The SMILES string of the molecule is CC(C)CNC(=O)CN(C)C(=O)c1cc(F)cc(N)c1F. The average molecular weight is 299 g/mol. The van der Waals surface area contributed by atoms with Crippen molar-refractivity contribution in [3.05, 3.63) is 29.3 Å². The molecule has 0 bridgehead atoms. The van der Waals surface area contributed by atoms with Gasteiger partial charge >= 0.3 is 0 Å². The Kier molecular flexibility index (Phi) is 5.63. The number of anilines is 1. The summed E-state index contributed by atoms with van der Waals surface area (Å²) >= 11 is 0. The molecule has 0 heterocycles. The molecule has 0 aliphatic carbocycles. The van der Waals surface area contributed by atoms with Crippen molar-refractivity contribution in [2.24, 2.45) is 5.92 Å². The van der Waals surface area contributed by atoms with Gasteiger partial charge in [0.2, 0.25) is 5.91 Å². The fourth-order valence-corrected chi connectivity index (χ4v) is 1.63. The predicted octanol–water partition coefficient (Wildman–Crippen LogP) is 1.39. The molecular weight excluding hydrogens is 280 g/mol. The summed E-state index contributed by atoms with van der Waals surface area (Å²) < 4.78 is 27.0. The Morgan fingerprint density at radius 1 is 1.33 bits per heavy atom. The lowest BCUT2D eigenvalue weighted by atomic mass is 10.1. The van der Waals surface area contributed by atoms with Gasteiger partial charge in [0, 0.05) is 13.6 Å². The first kappa shape index (κ1) is 16.9. The normalized spacial score (nSPS) is 10.6. The van der Waals surface area contributed by atoms with Gasteiger partial charge in [0.1, 0.15) is 5.82 Å². The van der Waals surface area contributed by atoms with Gasteiger partial charge in [-0.2, -0.15) is 0 Å². The van der Waals surface area contributed by atoms with Crippen LogP contribution >= 0.6 is 0 Å². The number of hydrogen-bond acceptors (Lipinski definition) is 3. The fourth-order valence-electron chi connectivity index (χ4n) is 1.63. The number of amides is 2. The highest BCUT2D eigenvalue weighted by atomic mass is 19.1. The van der Waals surface area contributed by atoms with E-state index in [-0.39, 0.29) is 18.4 Å². The van der Waals surface area contributed by atoms with Crippen LogP contribution < -0.4 is 11.1 Å². The molecule has 0 saturated carbocycles. The number of nitrogens with zero attached hydrogens (tertiary/aromatic N) is 1.